The molecule has 2 aliphatic rings. The van der Waals surface area contributed by atoms with Crippen LogP contribution in [0.4, 0.5) is 0 Å². The molecule has 1 aromatic carbocycles. The van der Waals surface area contributed by atoms with Crippen LogP contribution in [0.2, 0.25) is 0 Å². The molecule has 1 heteroatoms. The number of hydrogen-bond acceptors (Lipinski definition) is 1. The zero-order chi connectivity index (χ0) is 11.8. The molecular weight excluding hydrogens is 206 g/mol. The summed E-state index contributed by atoms with van der Waals surface area (Å²) in [4.78, 5) is 2.78. The van der Waals surface area contributed by atoms with E-state index in [0.717, 1.165) is 6.04 Å². The number of fused-ring (bicyclic) bond motifs is 1. The van der Waals surface area contributed by atoms with Crippen LogP contribution in [0.1, 0.15) is 54.8 Å². The topological polar surface area (TPSA) is 3.24 Å². The van der Waals surface area contributed by atoms with Gasteiger partial charge in [-0.05, 0) is 63.6 Å². The van der Waals surface area contributed by atoms with Crippen LogP contribution >= 0.6 is 0 Å². The van der Waals surface area contributed by atoms with Crippen LogP contribution in [0.3, 0.4) is 0 Å². The first kappa shape index (κ1) is 11.3. The summed E-state index contributed by atoms with van der Waals surface area (Å²) >= 11 is 0. The first-order valence-corrected chi connectivity index (χ1v) is 7.08. The fourth-order valence-corrected chi connectivity index (χ4v) is 3.82. The third-order valence-corrected chi connectivity index (χ3v) is 4.62. The van der Waals surface area contributed by atoms with E-state index in [0.29, 0.717) is 6.04 Å². The van der Waals surface area contributed by atoms with E-state index in [2.05, 4.69) is 36.9 Å². The molecule has 2 unspecified atom stereocenters. The minimum absolute atomic E-state index is 0.705. The summed E-state index contributed by atoms with van der Waals surface area (Å²) in [5.74, 6) is 0. The summed E-state index contributed by atoms with van der Waals surface area (Å²) in [5, 5.41) is 0. The first-order valence-electron chi connectivity index (χ1n) is 7.08. The number of nitrogens with zero attached hydrogens (tertiary/aromatic N) is 1. The minimum atomic E-state index is 0.705. The van der Waals surface area contributed by atoms with E-state index in [4.69, 9.17) is 0 Å². The van der Waals surface area contributed by atoms with Crippen molar-refractivity contribution < 1.29 is 0 Å². The van der Waals surface area contributed by atoms with Gasteiger partial charge in [-0.15, -0.1) is 0 Å². The zero-order valence-electron chi connectivity index (χ0n) is 11.1. The average Bonchev–Trinajstić information content (AvgIpc) is 2.77. The van der Waals surface area contributed by atoms with Gasteiger partial charge in [0.25, 0.3) is 0 Å². The van der Waals surface area contributed by atoms with Crippen LogP contribution in [-0.4, -0.2) is 17.5 Å². The summed E-state index contributed by atoms with van der Waals surface area (Å²) < 4.78 is 0. The van der Waals surface area contributed by atoms with E-state index < -0.39 is 0 Å². The van der Waals surface area contributed by atoms with Gasteiger partial charge in [-0.25, -0.2) is 0 Å². The molecule has 0 N–H and O–H groups in total. The average molecular weight is 229 g/mol. The molecule has 0 aromatic heterocycles. The van der Waals surface area contributed by atoms with Crippen molar-refractivity contribution in [3.8, 4) is 0 Å². The molecule has 1 nitrogen and oxygen atoms in total. The monoisotopic (exact) mass is 229 g/mol. The van der Waals surface area contributed by atoms with Crippen LogP contribution in [0.5, 0.6) is 0 Å². The molecule has 2 saturated heterocycles. The van der Waals surface area contributed by atoms with Gasteiger partial charge in [-0.3, -0.25) is 4.90 Å². The molecule has 2 aliphatic heterocycles. The Morgan fingerprint density at radius 3 is 2.71 bits per heavy atom. The number of piperidine rings is 1. The molecule has 0 aliphatic carbocycles. The lowest BCUT2D eigenvalue weighted by molar-refractivity contribution is 0.123. The van der Waals surface area contributed by atoms with Crippen molar-refractivity contribution in [3.05, 3.63) is 34.9 Å². The van der Waals surface area contributed by atoms with Crippen molar-refractivity contribution >= 4 is 0 Å². The third kappa shape index (κ3) is 2.01. The number of hydrogen-bond donors (Lipinski definition) is 0. The van der Waals surface area contributed by atoms with Gasteiger partial charge >= 0.3 is 0 Å². The molecule has 2 fully saturated rings. The lowest BCUT2D eigenvalue weighted by Crippen LogP contribution is -2.37. The number of rotatable bonds is 1. The predicted molar refractivity (Wildman–Crippen MR) is 72.2 cm³/mol. The van der Waals surface area contributed by atoms with E-state index in [-0.39, 0.29) is 0 Å². The summed E-state index contributed by atoms with van der Waals surface area (Å²) in [6.07, 6.45) is 7.05. The highest BCUT2D eigenvalue weighted by Crippen LogP contribution is 2.40. The Morgan fingerprint density at radius 2 is 1.88 bits per heavy atom. The molecule has 0 radical (unpaired) electrons. The highest BCUT2D eigenvalue weighted by atomic mass is 15.2. The maximum Gasteiger partial charge on any atom is 0.0353 e. The Kier molecular flexibility index (Phi) is 2.96. The quantitative estimate of drug-likeness (QED) is 0.703. The summed E-state index contributed by atoms with van der Waals surface area (Å²) in [6.45, 7) is 5.79. The van der Waals surface area contributed by atoms with E-state index in [1.807, 2.05) is 0 Å². The molecule has 2 atom stereocenters. The summed E-state index contributed by atoms with van der Waals surface area (Å²) in [7, 11) is 0. The summed E-state index contributed by atoms with van der Waals surface area (Å²) in [5.41, 5.74) is 4.46. The van der Waals surface area contributed by atoms with Gasteiger partial charge in [0.1, 0.15) is 0 Å². The van der Waals surface area contributed by atoms with Gasteiger partial charge in [0.05, 0.1) is 0 Å². The highest BCUT2D eigenvalue weighted by Gasteiger charge is 2.34. The van der Waals surface area contributed by atoms with Crippen molar-refractivity contribution in [1.82, 2.24) is 4.90 Å². The molecule has 0 amide bonds. The molecular formula is C16H23N. The van der Waals surface area contributed by atoms with Crippen molar-refractivity contribution in [3.63, 3.8) is 0 Å². The van der Waals surface area contributed by atoms with Crippen molar-refractivity contribution in [1.29, 1.82) is 0 Å². The fourth-order valence-electron chi connectivity index (χ4n) is 3.82. The van der Waals surface area contributed by atoms with Gasteiger partial charge in [0, 0.05) is 12.1 Å². The molecule has 2 heterocycles. The van der Waals surface area contributed by atoms with Crippen LogP contribution in [-0.2, 0) is 0 Å². The molecule has 0 spiro atoms. The van der Waals surface area contributed by atoms with E-state index >= 15 is 0 Å². The smallest absolute Gasteiger partial charge is 0.0353 e. The van der Waals surface area contributed by atoms with E-state index in [9.17, 15) is 0 Å². The van der Waals surface area contributed by atoms with E-state index in [1.54, 1.807) is 5.56 Å². The van der Waals surface area contributed by atoms with Crippen LogP contribution in [0.25, 0.3) is 0 Å². The number of aryl methyl sites for hydroxylation is 2. The maximum atomic E-state index is 2.78. The molecule has 3 rings (SSSR count). The lowest BCUT2D eigenvalue weighted by atomic mass is 9.89. The maximum absolute atomic E-state index is 2.78. The Balaban J connectivity index is 1.91. The molecule has 1 aromatic rings. The van der Waals surface area contributed by atoms with E-state index in [1.165, 1.54) is 49.8 Å². The third-order valence-electron chi connectivity index (χ3n) is 4.62. The van der Waals surface area contributed by atoms with Gasteiger partial charge in [-0.2, -0.15) is 0 Å². The Labute approximate surface area is 105 Å². The SMILES string of the molecule is Cc1ccc(C2CCCC3CCCN32)c(C)c1. The number of benzene rings is 1. The second-order valence-corrected chi connectivity index (χ2v) is 5.84. The zero-order valence-corrected chi connectivity index (χ0v) is 11.1. The Bertz CT molecular complexity index is 410. The Morgan fingerprint density at radius 1 is 1.06 bits per heavy atom. The molecule has 17 heavy (non-hydrogen) atoms. The standard InChI is InChI=1S/C16H23N/c1-12-8-9-15(13(2)11-12)16-7-3-5-14-6-4-10-17(14)16/h8-9,11,14,16H,3-7,10H2,1-2H3. The van der Waals surface area contributed by atoms with Crippen LogP contribution in [0, 0.1) is 13.8 Å². The predicted octanol–water partition coefficient (Wildman–Crippen LogP) is 3.99. The van der Waals surface area contributed by atoms with Crippen molar-refractivity contribution in [2.75, 3.05) is 6.54 Å². The Hall–Kier alpha value is -0.820. The van der Waals surface area contributed by atoms with Gasteiger partial charge in [-0.1, -0.05) is 23.8 Å². The lowest BCUT2D eigenvalue weighted by Gasteiger charge is -2.38. The second-order valence-electron chi connectivity index (χ2n) is 5.84. The van der Waals surface area contributed by atoms with Crippen LogP contribution in [0.15, 0.2) is 18.2 Å². The fraction of sp³-hybridized carbons (Fsp3) is 0.625. The second kappa shape index (κ2) is 4.45. The molecule has 92 valence electrons. The van der Waals surface area contributed by atoms with Gasteiger partial charge in [0.15, 0.2) is 0 Å². The largest absolute Gasteiger partial charge is 0.293 e. The van der Waals surface area contributed by atoms with Gasteiger partial charge < -0.3 is 0 Å². The molecule has 0 saturated carbocycles. The minimum Gasteiger partial charge on any atom is -0.293 e. The van der Waals surface area contributed by atoms with Gasteiger partial charge in [0.2, 0.25) is 0 Å². The highest BCUT2D eigenvalue weighted by molar-refractivity contribution is 5.33. The van der Waals surface area contributed by atoms with Crippen molar-refractivity contribution in [2.24, 2.45) is 0 Å². The molecule has 0 bridgehead atoms. The van der Waals surface area contributed by atoms with Crippen LogP contribution < -0.4 is 0 Å². The van der Waals surface area contributed by atoms with Crippen molar-refractivity contribution in [2.45, 2.75) is 58.0 Å². The summed E-state index contributed by atoms with van der Waals surface area (Å²) in [6, 6.07) is 8.58. The normalized spacial score (nSPS) is 29.3. The first-order chi connectivity index (χ1) is 8.25.